The summed E-state index contributed by atoms with van der Waals surface area (Å²) in [6.07, 6.45) is 1.92. The Morgan fingerprint density at radius 2 is 1.73 bits per heavy atom. The van der Waals surface area contributed by atoms with Crippen molar-refractivity contribution < 1.29 is 52.2 Å². The Kier molecular flexibility index (Phi) is 6.41. The molecular formula is C23H19F6N3O6S2. The highest BCUT2D eigenvalue weighted by atomic mass is 32.2. The molecule has 0 saturated carbocycles. The predicted octanol–water partition coefficient (Wildman–Crippen LogP) is 4.22. The van der Waals surface area contributed by atoms with Gasteiger partial charge in [0, 0.05) is 24.1 Å². The van der Waals surface area contributed by atoms with E-state index in [1.807, 2.05) is 0 Å². The number of hydrogen-bond donors (Lipinski definition) is 0. The zero-order valence-corrected chi connectivity index (χ0v) is 22.0. The van der Waals surface area contributed by atoms with Gasteiger partial charge < -0.3 is 9.08 Å². The number of imidazole rings is 1. The molecule has 0 N–H and O–H groups in total. The van der Waals surface area contributed by atoms with Gasteiger partial charge in [-0.2, -0.15) is 43.2 Å². The molecule has 40 heavy (non-hydrogen) atoms. The van der Waals surface area contributed by atoms with Crippen LogP contribution in [0.1, 0.15) is 45.8 Å². The number of alkyl halides is 6. The summed E-state index contributed by atoms with van der Waals surface area (Å²) in [6, 6.07) is 5.61. The first-order valence-corrected chi connectivity index (χ1v) is 14.5. The van der Waals surface area contributed by atoms with Crippen molar-refractivity contribution in [2.45, 2.75) is 49.2 Å². The molecule has 5 rings (SSSR count). The summed E-state index contributed by atoms with van der Waals surface area (Å²) >= 11 is 0. The lowest BCUT2D eigenvalue weighted by Crippen LogP contribution is -2.46. The van der Waals surface area contributed by atoms with Crippen molar-refractivity contribution in [3.63, 3.8) is 0 Å². The first-order chi connectivity index (χ1) is 18.4. The van der Waals surface area contributed by atoms with Gasteiger partial charge in [-0.3, -0.25) is 4.79 Å². The average Bonchev–Trinajstić information content (AvgIpc) is 3.45. The first-order valence-electron chi connectivity index (χ1n) is 11.7. The van der Waals surface area contributed by atoms with Crippen molar-refractivity contribution >= 4 is 37.1 Å². The Hall–Kier alpha value is -3.34. The maximum absolute atomic E-state index is 13.5. The van der Waals surface area contributed by atoms with Crippen LogP contribution in [-0.4, -0.2) is 60.2 Å². The van der Waals surface area contributed by atoms with Crippen LogP contribution in [0.4, 0.5) is 26.3 Å². The maximum atomic E-state index is 13.5. The summed E-state index contributed by atoms with van der Waals surface area (Å²) in [5.74, 6) is -1.29. The van der Waals surface area contributed by atoms with E-state index in [2.05, 4.69) is 9.17 Å². The molecular weight excluding hydrogens is 592 g/mol. The third-order valence-electron chi connectivity index (χ3n) is 7.19. The number of halogens is 6. The van der Waals surface area contributed by atoms with Crippen molar-refractivity contribution in [2.75, 3.05) is 6.54 Å². The smallest absolute Gasteiger partial charge is 0.376 e. The fourth-order valence-corrected chi connectivity index (χ4v) is 6.75. The van der Waals surface area contributed by atoms with Crippen molar-refractivity contribution in [1.29, 1.82) is 0 Å². The van der Waals surface area contributed by atoms with E-state index in [1.54, 1.807) is 4.90 Å². The van der Waals surface area contributed by atoms with Gasteiger partial charge in [0.25, 0.3) is 5.91 Å². The number of carbonyl (C=O) groups excluding carboxylic acids is 1. The Morgan fingerprint density at radius 1 is 1.02 bits per heavy atom. The van der Waals surface area contributed by atoms with Gasteiger partial charge in [-0.05, 0) is 67.1 Å². The maximum Gasteiger partial charge on any atom is 0.534 e. The number of likely N-dealkylation sites (tertiary alicyclic amines) is 1. The van der Waals surface area contributed by atoms with E-state index in [0.29, 0.717) is 37.7 Å². The molecule has 1 amide bonds. The zero-order chi connectivity index (χ0) is 29.4. The van der Waals surface area contributed by atoms with E-state index >= 15 is 0 Å². The number of piperidine rings is 1. The van der Waals surface area contributed by atoms with E-state index in [1.165, 1.54) is 25.1 Å². The molecule has 3 aromatic rings. The molecule has 0 bridgehead atoms. The summed E-state index contributed by atoms with van der Waals surface area (Å²) in [7, 11) is -11.6. The minimum atomic E-state index is -5.89. The first kappa shape index (κ1) is 28.2. The van der Waals surface area contributed by atoms with Gasteiger partial charge in [0.05, 0.1) is 11.0 Å². The van der Waals surface area contributed by atoms with Crippen LogP contribution < -0.4 is 4.18 Å². The molecule has 2 aromatic carbocycles. The topological polar surface area (TPSA) is 116 Å². The fourth-order valence-electron chi connectivity index (χ4n) is 5.43. The van der Waals surface area contributed by atoms with Crippen molar-refractivity contribution in [3.05, 3.63) is 58.9 Å². The van der Waals surface area contributed by atoms with E-state index in [0.717, 1.165) is 17.7 Å². The number of nitrogens with zero attached hydrogens (tertiary/aromatic N) is 3. The molecule has 2 aliphatic rings. The van der Waals surface area contributed by atoms with Crippen LogP contribution in [0.15, 0.2) is 36.7 Å². The number of fused-ring (bicyclic) bond motifs is 4. The Bertz CT molecular complexity index is 1750. The van der Waals surface area contributed by atoms with E-state index in [4.69, 9.17) is 0 Å². The van der Waals surface area contributed by atoms with Gasteiger partial charge in [0.2, 0.25) is 0 Å². The van der Waals surface area contributed by atoms with Crippen LogP contribution in [-0.2, 0) is 26.6 Å². The highest BCUT2D eigenvalue weighted by molar-refractivity contribution is 7.91. The summed E-state index contributed by atoms with van der Waals surface area (Å²) < 4.78 is 129. The second-order valence-corrected chi connectivity index (χ2v) is 12.8. The Balaban J connectivity index is 1.44. The van der Waals surface area contributed by atoms with E-state index in [-0.39, 0.29) is 32.1 Å². The van der Waals surface area contributed by atoms with Crippen LogP contribution >= 0.6 is 0 Å². The van der Waals surface area contributed by atoms with Gasteiger partial charge in [-0.15, -0.1) is 0 Å². The number of aromatic nitrogens is 2. The molecule has 17 heteroatoms. The van der Waals surface area contributed by atoms with Crippen molar-refractivity contribution in [3.8, 4) is 5.75 Å². The standard InChI is InChI=1S/C23H19F6N3O6S2/c1-12-19(38-40(36,37)23(27,28)29)7-5-13-10-18-15(20(12)13)3-2-8-31(18)21(33)14-4-6-17-16(9-14)30-11-32(17)39(34,35)22(24,25)26/h4-7,9,11,15,18H,2-3,8,10H2,1H3/t15-,18-/m1/s1. The molecule has 1 saturated heterocycles. The quantitative estimate of drug-likeness (QED) is 0.247. The van der Waals surface area contributed by atoms with Crippen molar-refractivity contribution in [1.82, 2.24) is 13.9 Å². The van der Waals surface area contributed by atoms with Gasteiger partial charge in [0.15, 0.2) is 0 Å². The van der Waals surface area contributed by atoms with Crippen LogP contribution in [0, 0.1) is 6.92 Å². The van der Waals surface area contributed by atoms with Crippen molar-refractivity contribution in [2.24, 2.45) is 0 Å². The summed E-state index contributed by atoms with van der Waals surface area (Å²) in [6.45, 7) is 1.76. The monoisotopic (exact) mass is 611 g/mol. The number of carbonyl (C=O) groups is 1. The Labute approximate surface area is 223 Å². The SMILES string of the molecule is Cc1c(OS(=O)(=O)C(F)(F)F)ccc2c1[C@@H]1CCCN(C(=O)c3ccc4c(c3)ncn4S(=O)(=O)C(F)(F)F)[C@@H]1C2. The number of rotatable bonds is 4. The average molecular weight is 612 g/mol. The van der Waals surface area contributed by atoms with Crippen LogP contribution in [0.3, 0.4) is 0 Å². The highest BCUT2D eigenvalue weighted by Crippen LogP contribution is 2.46. The van der Waals surface area contributed by atoms with Gasteiger partial charge in [-0.25, -0.2) is 8.96 Å². The normalized spacial score (nSPS) is 19.9. The number of hydrogen-bond acceptors (Lipinski definition) is 7. The number of amides is 1. The van der Waals surface area contributed by atoms with Crippen LogP contribution in [0.25, 0.3) is 11.0 Å². The summed E-state index contributed by atoms with van der Waals surface area (Å²) in [5, 5.41) is 0. The molecule has 216 valence electrons. The van der Waals surface area contributed by atoms with Gasteiger partial charge in [0.1, 0.15) is 12.1 Å². The molecule has 2 heterocycles. The molecule has 1 aliphatic carbocycles. The highest BCUT2D eigenvalue weighted by Gasteiger charge is 2.50. The molecule has 2 atom stereocenters. The lowest BCUT2D eigenvalue weighted by atomic mass is 9.86. The largest absolute Gasteiger partial charge is 0.534 e. The zero-order valence-electron chi connectivity index (χ0n) is 20.3. The minimum Gasteiger partial charge on any atom is -0.376 e. The number of benzene rings is 2. The third kappa shape index (κ3) is 4.38. The molecule has 0 unspecified atom stereocenters. The second kappa shape index (κ2) is 9.09. The molecule has 1 aromatic heterocycles. The molecule has 0 radical (unpaired) electrons. The summed E-state index contributed by atoms with van der Waals surface area (Å²) in [5.41, 5.74) is -10.1. The van der Waals surface area contributed by atoms with E-state index in [9.17, 15) is 48.0 Å². The Morgan fingerprint density at radius 3 is 2.38 bits per heavy atom. The lowest BCUT2D eigenvalue weighted by molar-refractivity contribution is -0.0500. The molecule has 9 nitrogen and oxygen atoms in total. The van der Waals surface area contributed by atoms with Gasteiger partial charge in [-0.1, -0.05) is 6.07 Å². The summed E-state index contributed by atoms with van der Waals surface area (Å²) in [4.78, 5) is 18.8. The molecule has 0 spiro atoms. The van der Waals surface area contributed by atoms with Crippen LogP contribution in [0.5, 0.6) is 5.75 Å². The van der Waals surface area contributed by atoms with E-state index < -0.39 is 48.9 Å². The fraction of sp³-hybridized carbons (Fsp3) is 0.391. The molecule has 1 fully saturated rings. The molecule has 1 aliphatic heterocycles. The minimum absolute atomic E-state index is 0.0114. The second-order valence-electron chi connectivity index (χ2n) is 9.46. The van der Waals surface area contributed by atoms with Gasteiger partial charge >= 0.3 is 31.2 Å². The predicted molar refractivity (Wildman–Crippen MR) is 127 cm³/mol. The van der Waals surface area contributed by atoms with Crippen LogP contribution in [0.2, 0.25) is 0 Å². The lowest BCUT2D eigenvalue weighted by Gasteiger charge is -2.38. The third-order valence-corrected chi connectivity index (χ3v) is 9.55.